The molecule has 0 nitrogen and oxygen atoms in total. The van der Waals surface area contributed by atoms with Gasteiger partial charge in [-0.05, 0) is 0 Å². The van der Waals surface area contributed by atoms with Gasteiger partial charge in [0.25, 0.3) is 0 Å². The molecule has 8 rings (SSSR count). The Morgan fingerprint density at radius 3 is 0.614 bits per heavy atom. The van der Waals surface area contributed by atoms with Gasteiger partial charge in [0.05, 0.1) is 0 Å². The second-order valence-corrected chi connectivity index (χ2v) is 35.8. The minimum atomic E-state index is -0.313. The van der Waals surface area contributed by atoms with Gasteiger partial charge in [-0.25, -0.2) is 0 Å². The van der Waals surface area contributed by atoms with Gasteiger partial charge >= 0.3 is 82.6 Å². The molecule has 372 valence electrons. The Balaban J connectivity index is 0.000000439. The zero-order valence-electron chi connectivity index (χ0n) is 46.0. The number of hydrogen-bond acceptors (Lipinski definition) is 0. The normalized spacial score (nSPS) is 10.6. The van der Waals surface area contributed by atoms with Gasteiger partial charge in [0.15, 0.2) is 0 Å². The van der Waals surface area contributed by atoms with Crippen molar-refractivity contribution in [1.82, 2.24) is 0 Å². The summed E-state index contributed by atoms with van der Waals surface area (Å²) in [5.41, 5.74) is 6.03. The van der Waals surface area contributed by atoms with E-state index in [4.69, 9.17) is 0 Å². The zero-order chi connectivity index (χ0) is 50.5. The minimum Gasteiger partial charge on any atom is -1.00 e. The minimum absolute atomic E-state index is 0. The van der Waals surface area contributed by atoms with E-state index in [9.17, 15) is 0 Å². The Bertz CT molecular complexity index is 2360. The van der Waals surface area contributed by atoms with Crippen LogP contribution in [0, 0.1) is 27.7 Å². The second kappa shape index (κ2) is 34.7. The molecule has 8 aromatic rings. The maximum atomic E-state index is 2.35. The van der Waals surface area contributed by atoms with E-state index in [2.05, 4.69) is 232 Å². The summed E-state index contributed by atoms with van der Waals surface area (Å²) < 4.78 is 3.01. The van der Waals surface area contributed by atoms with E-state index in [1.54, 1.807) is 69.2 Å². The van der Waals surface area contributed by atoms with Gasteiger partial charge in [0, 0.05) is 35.2 Å². The van der Waals surface area contributed by atoms with Crippen molar-refractivity contribution >= 4 is 105 Å². The molecule has 0 heterocycles. The maximum absolute atomic E-state index is 2.35. The smallest absolute Gasteiger partial charge is 1.00 e. The molecule has 8 heteroatoms. The summed E-state index contributed by atoms with van der Waals surface area (Å²) in [6, 6.07) is 55.4. The van der Waals surface area contributed by atoms with Gasteiger partial charge in [-0.1, -0.05) is 156 Å². The van der Waals surface area contributed by atoms with Crippen molar-refractivity contribution in [3.8, 4) is 0 Å². The Morgan fingerprint density at radius 1 is 0.329 bits per heavy atom. The summed E-state index contributed by atoms with van der Waals surface area (Å²) in [5.74, 6) is 0. The van der Waals surface area contributed by atoms with Gasteiger partial charge in [0.2, 0.25) is 0 Å². The van der Waals surface area contributed by atoms with Crippen LogP contribution in [-0.4, -0.2) is 41.6 Å². The van der Waals surface area contributed by atoms with Crippen molar-refractivity contribution in [3.63, 3.8) is 0 Å². The number of hydrogen-bond donors (Lipinski definition) is 0. The fraction of sp³-hybridized carbons (Fsp3) is 0.387. The van der Waals surface area contributed by atoms with Crippen LogP contribution in [0.15, 0.2) is 121 Å². The van der Waals surface area contributed by atoms with E-state index in [-0.39, 0.29) is 60.0 Å². The van der Waals surface area contributed by atoms with Crippen molar-refractivity contribution in [2.75, 3.05) is 0 Å². The van der Waals surface area contributed by atoms with Crippen LogP contribution in [0.3, 0.4) is 0 Å². The molecule has 0 unspecified atom stereocenters. The second-order valence-electron chi connectivity index (χ2n) is 18.4. The summed E-state index contributed by atoms with van der Waals surface area (Å²) in [7, 11) is -1.25. The summed E-state index contributed by atoms with van der Waals surface area (Å²) in [5, 5.41) is 18.5. The van der Waals surface area contributed by atoms with Crippen LogP contribution in [0.5, 0.6) is 0 Å². The molecule has 0 saturated carbocycles. The molecule has 4 radical (unpaired) electrons. The predicted molar refractivity (Wildman–Crippen MR) is 315 cm³/mol. The molecule has 0 aromatic heterocycles. The molecule has 0 N–H and O–H groups in total. The molecule has 0 bridgehead atoms. The fourth-order valence-corrected chi connectivity index (χ4v) is 19.5. The van der Waals surface area contributed by atoms with Crippen molar-refractivity contribution in [3.05, 3.63) is 144 Å². The first-order chi connectivity index (χ1) is 32.6. The summed E-state index contributed by atoms with van der Waals surface area (Å²) in [6.07, 6.45) is 0. The Kier molecular flexibility index (Phi) is 32.9. The average molecular weight is 1200 g/mol. The first-order valence-electron chi connectivity index (χ1n) is 25.6. The average Bonchev–Trinajstić information content (AvgIpc) is 4.05. The van der Waals surface area contributed by atoms with E-state index >= 15 is 0 Å². The molecule has 0 atom stereocenters. The van der Waals surface area contributed by atoms with Gasteiger partial charge in [-0.15, -0.1) is 162 Å². The molecule has 8 aromatic carbocycles. The number of aryl methyl sites for hydroxylation is 4. The monoisotopic (exact) mass is 1190 g/mol. The largest absolute Gasteiger partial charge is 1.00 e. The number of fused-ring (bicyclic) bond motifs is 4. The number of rotatable bonds is 12. The molecule has 0 saturated heterocycles. The Morgan fingerprint density at radius 2 is 0.471 bits per heavy atom. The van der Waals surface area contributed by atoms with Crippen LogP contribution in [-0.2, 0) is 48.5 Å². The molecule has 0 fully saturated rings. The van der Waals surface area contributed by atoms with E-state index in [1.807, 2.05) is 0 Å². The fourth-order valence-electron chi connectivity index (χ4n) is 9.76. The Hall–Kier alpha value is -1.73. The third kappa shape index (κ3) is 18.9. The van der Waals surface area contributed by atoms with Crippen LogP contribution in [0.2, 0.25) is 48.4 Å². The van der Waals surface area contributed by atoms with Crippen molar-refractivity contribution in [2.45, 2.75) is 159 Å². The molecule has 0 aliphatic heterocycles. The van der Waals surface area contributed by atoms with Gasteiger partial charge in [-0.2, -0.15) is 20.7 Å². The summed E-state index contributed by atoms with van der Waals surface area (Å²) in [4.78, 5) is 0. The first kappa shape index (κ1) is 66.3. The quantitative estimate of drug-likeness (QED) is 0.0845. The third-order valence-electron chi connectivity index (χ3n) is 12.8. The molecular weight excluding hydrogens is 1110 g/mol. The van der Waals surface area contributed by atoms with E-state index < -0.39 is 0 Å². The van der Waals surface area contributed by atoms with Crippen LogP contribution in [0.1, 0.15) is 105 Å². The summed E-state index contributed by atoms with van der Waals surface area (Å²) in [6.45, 7) is 36.2. The molecule has 70 heavy (non-hydrogen) atoms. The molecule has 0 aliphatic carbocycles. The SMILES string of the molecule is CC[Si](CC)c1c(C)[cH-]c2ccccc12.CC[Si](CC)c1c(C)[cH-]c2ccccc12.CC[Si](CC)c1c(C)[cH-]c2ccccc12.CC[Si](CC)c1c(C)[cH-]c2ccccc12.C[C](C)=[Zr+2].C[C](C)=[Zr+2].[Cl-].[Cl-]. The van der Waals surface area contributed by atoms with Crippen LogP contribution in [0.25, 0.3) is 43.1 Å². The Labute approximate surface area is 476 Å². The first-order valence-corrected chi connectivity index (χ1v) is 35.7. The van der Waals surface area contributed by atoms with Gasteiger partial charge in [-0.3, -0.25) is 0 Å². The summed E-state index contributed by atoms with van der Waals surface area (Å²) >= 11 is 3.11. The molecular formula is C62H84Cl2Si4Zr2-2. The van der Waals surface area contributed by atoms with Crippen LogP contribution < -0.4 is 45.6 Å². The van der Waals surface area contributed by atoms with Crippen molar-refractivity contribution in [2.24, 2.45) is 0 Å². The van der Waals surface area contributed by atoms with Gasteiger partial charge in [0.1, 0.15) is 0 Å². The maximum Gasteiger partial charge on any atom is -1.00 e. The molecule has 0 spiro atoms. The predicted octanol–water partition coefficient (Wildman–Crippen LogP) is 9.93. The molecule has 0 amide bonds. The topological polar surface area (TPSA) is 0 Å². The van der Waals surface area contributed by atoms with Gasteiger partial charge < -0.3 is 24.8 Å². The van der Waals surface area contributed by atoms with Crippen molar-refractivity contribution in [1.29, 1.82) is 0 Å². The number of benzene rings is 4. The standard InChI is InChI=1S/4C14H18Si.2C3H6.2ClH.2Zr/c4*1-4-15(5-2)14-11(3)10-12-8-6-7-9-13(12)14;2*1-3-2;;;;/h4*6-10H,4-5H2,1-3H3;2*1-2H3;2*1H;;/q4*-1;;;;;2*+2/p-2. The zero-order valence-corrected chi connectivity index (χ0v) is 56.4. The van der Waals surface area contributed by atoms with Crippen LogP contribution in [0.4, 0.5) is 0 Å². The third-order valence-corrected chi connectivity index (χ3v) is 25.1. The van der Waals surface area contributed by atoms with E-state index in [0.29, 0.717) is 0 Å². The number of halogens is 2. The van der Waals surface area contributed by atoms with E-state index in [1.165, 1.54) is 120 Å². The molecule has 0 aliphatic rings. The van der Waals surface area contributed by atoms with E-state index in [0.717, 1.165) is 0 Å². The van der Waals surface area contributed by atoms with Crippen molar-refractivity contribution < 1.29 is 73.3 Å². The van der Waals surface area contributed by atoms with Crippen LogP contribution >= 0.6 is 0 Å².